The first-order chi connectivity index (χ1) is 6.97. The summed E-state index contributed by atoms with van der Waals surface area (Å²) in [7, 11) is 0. The van der Waals surface area contributed by atoms with Crippen molar-refractivity contribution in [2.45, 2.75) is 46.6 Å². The SMILES string of the molecule is CCC.CCC(C)OC(=O)C=CC(=O)O. The van der Waals surface area contributed by atoms with Crippen molar-refractivity contribution in [2.24, 2.45) is 0 Å². The van der Waals surface area contributed by atoms with Crippen LogP contribution in [-0.2, 0) is 14.3 Å². The summed E-state index contributed by atoms with van der Waals surface area (Å²) < 4.78 is 4.76. The highest BCUT2D eigenvalue weighted by Gasteiger charge is 2.03. The summed E-state index contributed by atoms with van der Waals surface area (Å²) in [6.07, 6.45) is 3.45. The first-order valence-corrected chi connectivity index (χ1v) is 5.09. The summed E-state index contributed by atoms with van der Waals surface area (Å²) in [5, 5.41) is 8.16. The molecule has 0 aliphatic carbocycles. The molecule has 0 spiro atoms. The molecule has 0 saturated carbocycles. The van der Waals surface area contributed by atoms with Gasteiger partial charge in [0.1, 0.15) is 0 Å². The van der Waals surface area contributed by atoms with Gasteiger partial charge in [-0.1, -0.05) is 27.2 Å². The lowest BCUT2D eigenvalue weighted by Gasteiger charge is -2.07. The number of esters is 1. The second-order valence-electron chi connectivity index (χ2n) is 3.03. The Kier molecular flexibility index (Phi) is 11.6. The van der Waals surface area contributed by atoms with Crippen molar-refractivity contribution < 1.29 is 19.4 Å². The predicted molar refractivity (Wildman–Crippen MR) is 58.6 cm³/mol. The lowest BCUT2D eigenvalue weighted by Crippen LogP contribution is -2.11. The van der Waals surface area contributed by atoms with Crippen molar-refractivity contribution in [2.75, 3.05) is 0 Å². The van der Waals surface area contributed by atoms with Gasteiger partial charge in [-0.3, -0.25) is 0 Å². The summed E-state index contributed by atoms with van der Waals surface area (Å²) >= 11 is 0. The van der Waals surface area contributed by atoms with E-state index in [4.69, 9.17) is 9.84 Å². The molecule has 0 aromatic heterocycles. The zero-order chi connectivity index (χ0) is 12.3. The molecule has 1 atom stereocenters. The van der Waals surface area contributed by atoms with Crippen LogP contribution in [0, 0.1) is 0 Å². The molecule has 0 saturated heterocycles. The third-order valence-electron chi connectivity index (χ3n) is 1.25. The molecule has 0 heterocycles. The molecule has 0 aliphatic rings. The Labute approximate surface area is 90.9 Å². The normalized spacial score (nSPS) is 11.5. The maximum atomic E-state index is 10.7. The average Bonchev–Trinajstić information content (AvgIpc) is 2.16. The molecular weight excluding hydrogens is 196 g/mol. The fourth-order valence-electron chi connectivity index (χ4n) is 0.460. The number of carboxylic acids is 1. The van der Waals surface area contributed by atoms with Crippen LogP contribution < -0.4 is 0 Å². The van der Waals surface area contributed by atoms with Crippen molar-refractivity contribution in [3.05, 3.63) is 12.2 Å². The van der Waals surface area contributed by atoms with Gasteiger partial charge in [-0.05, 0) is 13.3 Å². The number of ether oxygens (including phenoxy) is 1. The standard InChI is InChI=1S/C8H12O4.C3H8/c1-3-6(2)12-8(11)5-4-7(9)10;1-3-2/h4-6H,3H2,1-2H3,(H,9,10);3H2,1-2H3. The third-order valence-corrected chi connectivity index (χ3v) is 1.25. The van der Waals surface area contributed by atoms with Gasteiger partial charge in [0, 0.05) is 12.2 Å². The van der Waals surface area contributed by atoms with Crippen molar-refractivity contribution in [3.8, 4) is 0 Å². The fourth-order valence-corrected chi connectivity index (χ4v) is 0.460. The number of aliphatic carboxylic acids is 1. The zero-order valence-corrected chi connectivity index (χ0v) is 9.82. The van der Waals surface area contributed by atoms with Crippen molar-refractivity contribution >= 4 is 11.9 Å². The van der Waals surface area contributed by atoms with Gasteiger partial charge < -0.3 is 9.84 Å². The molecule has 0 aromatic rings. The molecule has 15 heavy (non-hydrogen) atoms. The minimum atomic E-state index is -1.16. The van der Waals surface area contributed by atoms with E-state index in [0.717, 1.165) is 12.2 Å². The van der Waals surface area contributed by atoms with Crippen LogP contribution >= 0.6 is 0 Å². The van der Waals surface area contributed by atoms with E-state index in [0.29, 0.717) is 6.42 Å². The lowest BCUT2D eigenvalue weighted by atomic mass is 10.3. The van der Waals surface area contributed by atoms with Gasteiger partial charge in [0.05, 0.1) is 6.10 Å². The van der Waals surface area contributed by atoms with Crippen LogP contribution in [0.25, 0.3) is 0 Å². The molecule has 4 nitrogen and oxygen atoms in total. The number of carbonyl (C=O) groups is 2. The number of hydrogen-bond donors (Lipinski definition) is 1. The maximum absolute atomic E-state index is 10.7. The molecule has 0 aromatic carbocycles. The van der Waals surface area contributed by atoms with Crippen LogP contribution in [-0.4, -0.2) is 23.1 Å². The molecule has 1 N–H and O–H groups in total. The van der Waals surface area contributed by atoms with E-state index in [1.54, 1.807) is 6.92 Å². The molecule has 0 aliphatic heterocycles. The van der Waals surface area contributed by atoms with Crippen LogP contribution in [0.3, 0.4) is 0 Å². The summed E-state index contributed by atoms with van der Waals surface area (Å²) in [6, 6.07) is 0. The van der Waals surface area contributed by atoms with E-state index in [2.05, 4.69) is 13.8 Å². The highest BCUT2D eigenvalue weighted by atomic mass is 16.5. The predicted octanol–water partition coefficient (Wildman–Crippen LogP) is 2.39. The minimum absolute atomic E-state index is 0.170. The highest BCUT2D eigenvalue weighted by Crippen LogP contribution is 1.96. The van der Waals surface area contributed by atoms with Crippen molar-refractivity contribution in [3.63, 3.8) is 0 Å². The molecule has 0 amide bonds. The second kappa shape index (κ2) is 10.8. The van der Waals surface area contributed by atoms with Gasteiger partial charge >= 0.3 is 11.9 Å². The van der Waals surface area contributed by atoms with E-state index in [1.807, 2.05) is 6.92 Å². The molecule has 0 fully saturated rings. The first-order valence-electron chi connectivity index (χ1n) is 5.09. The van der Waals surface area contributed by atoms with Crippen LogP contribution in [0.5, 0.6) is 0 Å². The summed E-state index contributed by atoms with van der Waals surface area (Å²) in [5.74, 6) is -1.78. The Bertz CT molecular complexity index is 209. The van der Waals surface area contributed by atoms with Crippen LogP contribution in [0.4, 0.5) is 0 Å². The topological polar surface area (TPSA) is 63.6 Å². The Balaban J connectivity index is 0. The maximum Gasteiger partial charge on any atom is 0.331 e. The van der Waals surface area contributed by atoms with Gasteiger partial charge in [-0.15, -0.1) is 0 Å². The molecule has 88 valence electrons. The van der Waals surface area contributed by atoms with E-state index >= 15 is 0 Å². The van der Waals surface area contributed by atoms with Crippen LogP contribution in [0.2, 0.25) is 0 Å². The molecular formula is C11H20O4. The lowest BCUT2D eigenvalue weighted by molar-refractivity contribution is -0.142. The highest BCUT2D eigenvalue weighted by molar-refractivity contribution is 5.90. The first kappa shape index (κ1) is 16.1. The molecule has 4 heteroatoms. The minimum Gasteiger partial charge on any atom is -0.478 e. The number of hydrogen-bond acceptors (Lipinski definition) is 3. The number of rotatable bonds is 4. The quantitative estimate of drug-likeness (QED) is 0.579. The van der Waals surface area contributed by atoms with Gasteiger partial charge in [0.2, 0.25) is 0 Å². The molecule has 0 bridgehead atoms. The Hall–Kier alpha value is -1.32. The molecule has 0 radical (unpaired) electrons. The van der Waals surface area contributed by atoms with E-state index in [9.17, 15) is 9.59 Å². The van der Waals surface area contributed by atoms with Gasteiger partial charge in [-0.25, -0.2) is 9.59 Å². The third kappa shape index (κ3) is 15.4. The molecule has 0 rings (SSSR count). The summed E-state index contributed by atoms with van der Waals surface area (Å²) in [5.41, 5.74) is 0. The number of carbonyl (C=O) groups excluding carboxylic acids is 1. The van der Waals surface area contributed by atoms with E-state index in [-0.39, 0.29) is 6.10 Å². The van der Waals surface area contributed by atoms with Gasteiger partial charge in [0.25, 0.3) is 0 Å². The average molecular weight is 216 g/mol. The summed E-state index contributed by atoms with van der Waals surface area (Å²) in [4.78, 5) is 20.7. The largest absolute Gasteiger partial charge is 0.478 e. The molecule has 1 unspecified atom stereocenters. The van der Waals surface area contributed by atoms with Crippen molar-refractivity contribution in [1.29, 1.82) is 0 Å². The monoisotopic (exact) mass is 216 g/mol. The van der Waals surface area contributed by atoms with Gasteiger partial charge in [-0.2, -0.15) is 0 Å². The second-order valence-corrected chi connectivity index (χ2v) is 3.03. The van der Waals surface area contributed by atoms with Crippen molar-refractivity contribution in [1.82, 2.24) is 0 Å². The summed E-state index contributed by atoms with van der Waals surface area (Å²) in [6.45, 7) is 7.87. The van der Waals surface area contributed by atoms with Gasteiger partial charge in [0.15, 0.2) is 0 Å². The van der Waals surface area contributed by atoms with Crippen LogP contribution in [0.1, 0.15) is 40.5 Å². The number of carboxylic acid groups (broad SMARTS) is 1. The smallest absolute Gasteiger partial charge is 0.331 e. The Morgan fingerprint density at radius 1 is 1.27 bits per heavy atom. The fraction of sp³-hybridized carbons (Fsp3) is 0.636. The van der Waals surface area contributed by atoms with E-state index in [1.165, 1.54) is 6.42 Å². The zero-order valence-electron chi connectivity index (χ0n) is 9.82. The van der Waals surface area contributed by atoms with E-state index < -0.39 is 11.9 Å². The van der Waals surface area contributed by atoms with Crippen LogP contribution in [0.15, 0.2) is 12.2 Å². The Morgan fingerprint density at radius 3 is 2.07 bits per heavy atom. The Morgan fingerprint density at radius 2 is 1.73 bits per heavy atom.